The van der Waals surface area contributed by atoms with Gasteiger partial charge in [0.25, 0.3) is 0 Å². The molecule has 0 saturated carbocycles. The van der Waals surface area contributed by atoms with Gasteiger partial charge >= 0.3 is 5.97 Å². The molecular weight excluding hydrogens is 653 g/mol. The first kappa shape index (κ1) is 50.8. The van der Waals surface area contributed by atoms with Gasteiger partial charge in [-0.3, -0.25) is 4.79 Å². The van der Waals surface area contributed by atoms with Crippen molar-refractivity contribution < 1.29 is 19.4 Å². The topological polar surface area (TPSA) is 55.8 Å². The molecule has 0 heterocycles. The van der Waals surface area contributed by atoms with E-state index in [1.807, 2.05) is 0 Å². The Morgan fingerprint density at radius 1 is 0.472 bits per heavy atom. The quantitative estimate of drug-likeness (QED) is 0.0385. The van der Waals surface area contributed by atoms with E-state index in [1.54, 1.807) is 0 Å². The lowest BCUT2D eigenvalue weighted by Crippen LogP contribution is -2.27. The molecular formula is C49H86O4. The Kier molecular flexibility index (Phi) is 44.1. The zero-order chi connectivity index (χ0) is 38.4. The van der Waals surface area contributed by atoms with Crippen LogP contribution in [0.2, 0.25) is 0 Å². The molecule has 0 radical (unpaired) electrons. The monoisotopic (exact) mass is 739 g/mol. The van der Waals surface area contributed by atoms with Crippen molar-refractivity contribution in [3.05, 3.63) is 72.9 Å². The Morgan fingerprint density at radius 3 is 1.28 bits per heavy atom. The summed E-state index contributed by atoms with van der Waals surface area (Å²) in [5.41, 5.74) is 0. The maximum absolute atomic E-state index is 12.2. The number of ether oxygens (including phenoxy) is 2. The second-order valence-corrected chi connectivity index (χ2v) is 14.7. The number of aliphatic hydroxyl groups is 1. The average Bonchev–Trinajstić information content (AvgIpc) is 3.16. The molecule has 0 spiro atoms. The summed E-state index contributed by atoms with van der Waals surface area (Å²) >= 11 is 0. The predicted octanol–water partition coefficient (Wildman–Crippen LogP) is 15.0. The summed E-state index contributed by atoms with van der Waals surface area (Å²) < 4.78 is 11.2. The van der Waals surface area contributed by atoms with Gasteiger partial charge in [0.05, 0.1) is 13.2 Å². The third-order valence-electron chi connectivity index (χ3n) is 9.55. The van der Waals surface area contributed by atoms with Crippen LogP contribution in [0.3, 0.4) is 0 Å². The molecule has 1 N–H and O–H groups in total. The van der Waals surface area contributed by atoms with Gasteiger partial charge in [-0.2, -0.15) is 0 Å². The zero-order valence-corrected chi connectivity index (χ0v) is 35.0. The maximum atomic E-state index is 12.2. The summed E-state index contributed by atoms with van der Waals surface area (Å²) in [6.45, 7) is 5.22. The molecule has 306 valence electrons. The fourth-order valence-electron chi connectivity index (χ4n) is 6.21. The third kappa shape index (κ3) is 44.1. The molecule has 0 fully saturated rings. The Morgan fingerprint density at radius 2 is 0.849 bits per heavy atom. The van der Waals surface area contributed by atoms with E-state index in [-0.39, 0.29) is 19.2 Å². The molecule has 1 unspecified atom stereocenters. The lowest BCUT2D eigenvalue weighted by atomic mass is 10.0. The molecule has 4 heteroatoms. The van der Waals surface area contributed by atoms with Crippen LogP contribution < -0.4 is 0 Å². The zero-order valence-electron chi connectivity index (χ0n) is 35.0. The van der Waals surface area contributed by atoms with Crippen molar-refractivity contribution in [2.24, 2.45) is 0 Å². The molecule has 0 bridgehead atoms. The Bertz CT molecular complexity index is 911. The lowest BCUT2D eigenvalue weighted by Gasteiger charge is -2.15. The van der Waals surface area contributed by atoms with E-state index in [2.05, 4.69) is 86.8 Å². The average molecular weight is 739 g/mol. The minimum absolute atomic E-state index is 0.184. The highest BCUT2D eigenvalue weighted by atomic mass is 16.6. The van der Waals surface area contributed by atoms with Gasteiger partial charge in [-0.1, -0.05) is 209 Å². The molecule has 0 aliphatic carbocycles. The molecule has 0 saturated heterocycles. The molecule has 0 rings (SSSR count). The van der Waals surface area contributed by atoms with Crippen LogP contribution in [-0.2, 0) is 14.3 Å². The first-order valence-corrected chi connectivity index (χ1v) is 22.5. The molecule has 1 atom stereocenters. The van der Waals surface area contributed by atoms with E-state index in [0.717, 1.165) is 77.0 Å². The van der Waals surface area contributed by atoms with Crippen LogP contribution in [0, 0.1) is 0 Å². The second kappa shape index (κ2) is 46.0. The second-order valence-electron chi connectivity index (χ2n) is 14.7. The molecule has 0 aromatic heterocycles. The number of carbonyl (C=O) groups is 1. The van der Waals surface area contributed by atoms with E-state index in [9.17, 15) is 9.90 Å². The van der Waals surface area contributed by atoms with Gasteiger partial charge in [-0.05, 0) is 64.2 Å². The van der Waals surface area contributed by atoms with E-state index >= 15 is 0 Å². The summed E-state index contributed by atoms with van der Waals surface area (Å²) in [4.78, 5) is 12.2. The Hall–Kier alpha value is -2.17. The van der Waals surface area contributed by atoms with E-state index in [1.165, 1.54) is 109 Å². The van der Waals surface area contributed by atoms with Crippen LogP contribution in [0.15, 0.2) is 72.9 Å². The molecule has 0 aromatic rings. The number of esters is 1. The maximum Gasteiger partial charge on any atom is 0.306 e. The standard InChI is InChI=1S/C49H86O4/c1-3-5-7-9-11-13-15-17-19-21-23-24-25-26-27-28-30-32-34-36-38-40-42-44-49(51)53-48(46-50)47-52-45-43-41-39-37-35-33-31-29-22-20-18-16-14-12-10-8-6-4-2/h5,7,11,13,17,19,23-24,26-27,30,32,48,50H,3-4,6,8-10,12,14-16,18,20-22,25,28-29,31,33-47H2,1-2H3/b7-5-,13-11-,19-17-,24-23-,27-26-,32-30-. The van der Waals surface area contributed by atoms with Gasteiger partial charge in [0.15, 0.2) is 0 Å². The number of allylic oxidation sites excluding steroid dienone is 12. The van der Waals surface area contributed by atoms with Crippen molar-refractivity contribution in [2.75, 3.05) is 19.8 Å². The highest BCUT2D eigenvalue weighted by molar-refractivity contribution is 5.69. The highest BCUT2D eigenvalue weighted by Crippen LogP contribution is 2.15. The first-order chi connectivity index (χ1) is 26.2. The largest absolute Gasteiger partial charge is 0.457 e. The van der Waals surface area contributed by atoms with Crippen LogP contribution in [0.4, 0.5) is 0 Å². The van der Waals surface area contributed by atoms with Crippen molar-refractivity contribution in [1.29, 1.82) is 0 Å². The van der Waals surface area contributed by atoms with E-state index in [0.29, 0.717) is 13.0 Å². The Labute approximate surface area is 329 Å². The molecule has 0 aromatic carbocycles. The third-order valence-corrected chi connectivity index (χ3v) is 9.55. The minimum atomic E-state index is -0.550. The number of hydrogen-bond donors (Lipinski definition) is 1. The molecule has 53 heavy (non-hydrogen) atoms. The fraction of sp³-hybridized carbons (Fsp3) is 0.735. The lowest BCUT2D eigenvalue weighted by molar-refractivity contribution is -0.154. The summed E-state index contributed by atoms with van der Waals surface area (Å²) in [7, 11) is 0. The van der Waals surface area contributed by atoms with Crippen molar-refractivity contribution in [3.8, 4) is 0 Å². The van der Waals surface area contributed by atoms with Crippen molar-refractivity contribution in [3.63, 3.8) is 0 Å². The SMILES string of the molecule is CC/C=C\C/C=C\C/C=C\C/C=C\C/C=C\C/C=C\CCCCCCC(=O)OC(CO)COCCCCCCCCCCCCCCCCCCCC. The van der Waals surface area contributed by atoms with Gasteiger partial charge in [-0.25, -0.2) is 0 Å². The van der Waals surface area contributed by atoms with Gasteiger partial charge in [0.1, 0.15) is 6.10 Å². The molecule has 0 aliphatic heterocycles. The van der Waals surface area contributed by atoms with Gasteiger partial charge in [0.2, 0.25) is 0 Å². The van der Waals surface area contributed by atoms with Gasteiger partial charge in [0, 0.05) is 13.0 Å². The minimum Gasteiger partial charge on any atom is -0.457 e. The van der Waals surface area contributed by atoms with E-state index < -0.39 is 6.10 Å². The van der Waals surface area contributed by atoms with Crippen LogP contribution in [0.1, 0.15) is 206 Å². The number of aliphatic hydroxyl groups excluding tert-OH is 1. The van der Waals surface area contributed by atoms with Gasteiger partial charge in [-0.15, -0.1) is 0 Å². The summed E-state index contributed by atoms with van der Waals surface area (Å²) in [5, 5.41) is 9.61. The van der Waals surface area contributed by atoms with Crippen molar-refractivity contribution >= 4 is 5.97 Å². The summed E-state index contributed by atoms with van der Waals surface area (Å²) in [5.74, 6) is -0.224. The summed E-state index contributed by atoms with van der Waals surface area (Å²) in [6, 6.07) is 0. The molecule has 0 amide bonds. The molecule has 0 aliphatic rings. The first-order valence-electron chi connectivity index (χ1n) is 22.5. The number of rotatable bonds is 41. The number of carbonyl (C=O) groups excluding carboxylic acids is 1. The fourth-order valence-corrected chi connectivity index (χ4v) is 6.21. The highest BCUT2D eigenvalue weighted by Gasteiger charge is 2.13. The number of unbranched alkanes of at least 4 members (excludes halogenated alkanes) is 21. The van der Waals surface area contributed by atoms with E-state index in [4.69, 9.17) is 9.47 Å². The van der Waals surface area contributed by atoms with Crippen molar-refractivity contribution in [2.45, 2.75) is 213 Å². The normalized spacial score (nSPS) is 13.0. The van der Waals surface area contributed by atoms with Crippen LogP contribution in [-0.4, -0.2) is 37.0 Å². The smallest absolute Gasteiger partial charge is 0.306 e. The predicted molar refractivity (Wildman–Crippen MR) is 232 cm³/mol. The van der Waals surface area contributed by atoms with Gasteiger partial charge < -0.3 is 14.6 Å². The van der Waals surface area contributed by atoms with Crippen molar-refractivity contribution in [1.82, 2.24) is 0 Å². The number of hydrogen-bond acceptors (Lipinski definition) is 4. The van der Waals surface area contributed by atoms with Crippen LogP contribution in [0.25, 0.3) is 0 Å². The molecule has 4 nitrogen and oxygen atoms in total. The van der Waals surface area contributed by atoms with Crippen LogP contribution in [0.5, 0.6) is 0 Å². The summed E-state index contributed by atoms with van der Waals surface area (Å²) in [6.07, 6.45) is 62.5. The Balaban J connectivity index is 3.51. The van der Waals surface area contributed by atoms with Crippen LogP contribution >= 0.6 is 0 Å².